The van der Waals surface area contributed by atoms with Crippen LogP contribution in [-0.4, -0.2) is 15.7 Å². The van der Waals surface area contributed by atoms with Crippen LogP contribution in [0.25, 0.3) is 0 Å². The van der Waals surface area contributed by atoms with E-state index in [0.29, 0.717) is 5.69 Å². The number of esters is 1. The number of benzene rings is 1. The Morgan fingerprint density at radius 3 is 2.86 bits per heavy atom. The molecule has 6 heteroatoms. The molecule has 0 bridgehead atoms. The lowest BCUT2D eigenvalue weighted by molar-refractivity contribution is 0.0462. The lowest BCUT2D eigenvalue weighted by Crippen LogP contribution is -2.10. The fourth-order valence-corrected chi connectivity index (χ4v) is 2.21. The topological polar surface area (TPSA) is 70.1 Å². The quantitative estimate of drug-likeness (QED) is 0.681. The number of carbonyl (C=O) groups is 1. The van der Waals surface area contributed by atoms with Gasteiger partial charge >= 0.3 is 5.97 Å². The van der Waals surface area contributed by atoms with E-state index in [1.807, 2.05) is 24.6 Å². The Kier molecular flexibility index (Phi) is 4.85. The molecule has 21 heavy (non-hydrogen) atoms. The summed E-state index contributed by atoms with van der Waals surface area (Å²) in [5.74, 6) is -0.491. The number of ether oxygens (including phenoxy) is 1. The van der Waals surface area contributed by atoms with Crippen LogP contribution in [0.4, 0.5) is 5.69 Å². The third kappa shape index (κ3) is 3.36. The number of aryl methyl sites for hydroxylation is 2. The van der Waals surface area contributed by atoms with Crippen molar-refractivity contribution >= 4 is 23.3 Å². The first-order valence-electron chi connectivity index (χ1n) is 6.83. The molecular formula is C15H18ClN3O2. The van der Waals surface area contributed by atoms with Gasteiger partial charge in [0.15, 0.2) is 0 Å². The maximum Gasteiger partial charge on any atom is 0.340 e. The van der Waals surface area contributed by atoms with Crippen LogP contribution in [0.15, 0.2) is 24.3 Å². The highest BCUT2D eigenvalue weighted by Crippen LogP contribution is 2.24. The summed E-state index contributed by atoms with van der Waals surface area (Å²) in [5.41, 5.74) is 8.15. The van der Waals surface area contributed by atoms with Crippen LogP contribution in [0.5, 0.6) is 0 Å². The second kappa shape index (κ2) is 6.63. The number of nitrogens with zero attached hydrogens (tertiary/aromatic N) is 2. The minimum Gasteiger partial charge on any atom is -0.456 e. The maximum atomic E-state index is 12.1. The predicted molar refractivity (Wildman–Crippen MR) is 82.3 cm³/mol. The Labute approximate surface area is 128 Å². The smallest absolute Gasteiger partial charge is 0.340 e. The summed E-state index contributed by atoms with van der Waals surface area (Å²) in [5, 5.41) is 4.63. The largest absolute Gasteiger partial charge is 0.456 e. The molecule has 112 valence electrons. The van der Waals surface area contributed by atoms with Crippen molar-refractivity contribution in [2.24, 2.45) is 0 Å². The molecule has 2 rings (SSSR count). The summed E-state index contributed by atoms with van der Waals surface area (Å²) in [6, 6.07) is 6.84. The molecule has 0 aliphatic rings. The van der Waals surface area contributed by atoms with Gasteiger partial charge in [0.2, 0.25) is 0 Å². The molecule has 0 unspecified atom stereocenters. The second-order valence-electron chi connectivity index (χ2n) is 4.58. The summed E-state index contributed by atoms with van der Waals surface area (Å²) >= 11 is 6.01. The van der Waals surface area contributed by atoms with Gasteiger partial charge in [0.25, 0.3) is 0 Å². The van der Waals surface area contributed by atoms with Crippen LogP contribution < -0.4 is 5.73 Å². The van der Waals surface area contributed by atoms with Gasteiger partial charge in [0.1, 0.15) is 6.61 Å². The van der Waals surface area contributed by atoms with Crippen LogP contribution in [0.2, 0.25) is 5.02 Å². The van der Waals surface area contributed by atoms with Gasteiger partial charge in [-0.05, 0) is 31.5 Å². The van der Waals surface area contributed by atoms with E-state index in [4.69, 9.17) is 22.1 Å². The van der Waals surface area contributed by atoms with Crippen molar-refractivity contribution in [3.8, 4) is 0 Å². The van der Waals surface area contributed by atoms with E-state index in [2.05, 4.69) is 5.10 Å². The van der Waals surface area contributed by atoms with Crippen LogP contribution in [-0.2, 0) is 24.3 Å². The van der Waals surface area contributed by atoms with Crippen LogP contribution in [0, 0.1) is 0 Å². The highest BCUT2D eigenvalue weighted by Gasteiger charge is 2.15. The van der Waals surface area contributed by atoms with Crippen molar-refractivity contribution in [2.75, 3.05) is 5.73 Å². The molecule has 0 saturated carbocycles. The number of hydrogen-bond acceptors (Lipinski definition) is 4. The van der Waals surface area contributed by atoms with Crippen LogP contribution in [0.1, 0.15) is 35.6 Å². The number of carbonyl (C=O) groups excluding carboxylic acids is 1. The molecule has 0 saturated heterocycles. The Balaban J connectivity index is 2.11. The van der Waals surface area contributed by atoms with Crippen LogP contribution in [0.3, 0.4) is 0 Å². The average molecular weight is 308 g/mol. The van der Waals surface area contributed by atoms with Gasteiger partial charge in [-0.3, -0.25) is 4.68 Å². The molecule has 2 N–H and O–H groups in total. The summed E-state index contributed by atoms with van der Waals surface area (Å²) in [4.78, 5) is 12.1. The lowest BCUT2D eigenvalue weighted by atomic mass is 10.2. The summed E-state index contributed by atoms with van der Waals surface area (Å²) < 4.78 is 7.14. The van der Waals surface area contributed by atoms with Crippen molar-refractivity contribution in [1.82, 2.24) is 9.78 Å². The Bertz CT molecular complexity index is 652. The van der Waals surface area contributed by atoms with Crippen molar-refractivity contribution in [3.63, 3.8) is 0 Å². The lowest BCUT2D eigenvalue weighted by Gasteiger charge is -2.08. The number of nitrogen functional groups attached to an aromatic ring is 1. The SMILES string of the molecule is CCc1cc(COC(=O)c2cccc(N)c2Cl)n(CC)n1. The van der Waals surface area contributed by atoms with Gasteiger partial charge in [-0.2, -0.15) is 5.10 Å². The fraction of sp³-hybridized carbons (Fsp3) is 0.333. The monoisotopic (exact) mass is 307 g/mol. The Hall–Kier alpha value is -2.01. The first-order valence-corrected chi connectivity index (χ1v) is 7.21. The maximum absolute atomic E-state index is 12.1. The van der Waals surface area contributed by atoms with Gasteiger partial charge in [0.05, 0.1) is 27.7 Å². The zero-order valence-corrected chi connectivity index (χ0v) is 12.9. The molecule has 0 spiro atoms. The zero-order valence-electron chi connectivity index (χ0n) is 12.1. The van der Waals surface area contributed by atoms with Crippen molar-refractivity contribution < 1.29 is 9.53 Å². The molecule has 0 atom stereocenters. The summed E-state index contributed by atoms with van der Waals surface area (Å²) in [7, 11) is 0. The van der Waals surface area contributed by atoms with E-state index in [1.54, 1.807) is 18.2 Å². The highest BCUT2D eigenvalue weighted by atomic mass is 35.5. The third-order valence-corrected chi connectivity index (χ3v) is 3.60. The van der Waals surface area contributed by atoms with E-state index in [1.165, 1.54) is 0 Å². The molecule has 1 aromatic carbocycles. The molecule has 0 fully saturated rings. The van der Waals surface area contributed by atoms with E-state index < -0.39 is 5.97 Å². The molecule has 1 aromatic heterocycles. The third-order valence-electron chi connectivity index (χ3n) is 3.18. The molecule has 0 amide bonds. The minimum absolute atomic E-state index is 0.158. The van der Waals surface area contributed by atoms with Gasteiger partial charge in [-0.25, -0.2) is 4.79 Å². The van der Waals surface area contributed by atoms with Gasteiger partial charge in [-0.1, -0.05) is 24.6 Å². The van der Waals surface area contributed by atoms with Gasteiger partial charge in [-0.15, -0.1) is 0 Å². The zero-order chi connectivity index (χ0) is 15.4. The average Bonchev–Trinajstić information content (AvgIpc) is 2.90. The number of hydrogen-bond donors (Lipinski definition) is 1. The number of rotatable bonds is 5. The number of halogens is 1. The van der Waals surface area contributed by atoms with Crippen molar-refractivity contribution in [1.29, 1.82) is 0 Å². The highest BCUT2D eigenvalue weighted by molar-refractivity contribution is 6.36. The first-order chi connectivity index (χ1) is 10.1. The number of nitrogens with two attached hydrogens (primary N) is 1. The first kappa shape index (κ1) is 15.4. The predicted octanol–water partition coefficient (Wildman–Crippen LogP) is 3.06. The number of anilines is 1. The van der Waals surface area contributed by atoms with E-state index in [9.17, 15) is 4.79 Å². The number of aromatic nitrogens is 2. The minimum atomic E-state index is -0.491. The van der Waals surface area contributed by atoms with E-state index in [0.717, 1.165) is 24.4 Å². The molecular weight excluding hydrogens is 290 g/mol. The summed E-state index contributed by atoms with van der Waals surface area (Å²) in [6.45, 7) is 4.91. The molecule has 0 radical (unpaired) electrons. The Morgan fingerprint density at radius 1 is 1.43 bits per heavy atom. The van der Waals surface area contributed by atoms with Crippen LogP contribution >= 0.6 is 11.6 Å². The Morgan fingerprint density at radius 2 is 2.19 bits per heavy atom. The van der Waals surface area contributed by atoms with Gasteiger partial charge < -0.3 is 10.5 Å². The van der Waals surface area contributed by atoms with Gasteiger partial charge in [0, 0.05) is 6.54 Å². The fourth-order valence-electron chi connectivity index (χ4n) is 2.00. The molecule has 2 aromatic rings. The molecule has 0 aliphatic carbocycles. The molecule has 5 nitrogen and oxygen atoms in total. The van der Waals surface area contributed by atoms with Crippen molar-refractivity contribution in [2.45, 2.75) is 33.4 Å². The molecule has 0 aliphatic heterocycles. The van der Waals surface area contributed by atoms with Crippen molar-refractivity contribution in [3.05, 3.63) is 46.2 Å². The van der Waals surface area contributed by atoms with E-state index >= 15 is 0 Å². The normalized spacial score (nSPS) is 10.6. The standard InChI is InChI=1S/C15H18ClN3O2/c1-3-10-8-11(19(4-2)18-10)9-21-15(20)12-6-5-7-13(17)14(12)16/h5-8H,3-4,9,17H2,1-2H3. The second-order valence-corrected chi connectivity index (χ2v) is 4.96. The van der Waals surface area contributed by atoms with E-state index in [-0.39, 0.29) is 17.2 Å². The molecule has 1 heterocycles. The summed E-state index contributed by atoms with van der Waals surface area (Å²) in [6.07, 6.45) is 0.842.